The Bertz CT molecular complexity index is 1140. The van der Waals surface area contributed by atoms with Crippen LogP contribution < -0.4 is 9.47 Å². The van der Waals surface area contributed by atoms with Crippen molar-refractivity contribution in [1.82, 2.24) is 0 Å². The Kier molecular flexibility index (Phi) is 10.3. The first-order chi connectivity index (χ1) is 17.0. The van der Waals surface area contributed by atoms with E-state index >= 15 is 0 Å². The molecule has 0 bridgehead atoms. The van der Waals surface area contributed by atoms with Crippen LogP contribution in [0.25, 0.3) is 0 Å². The molecule has 0 spiro atoms. The van der Waals surface area contributed by atoms with E-state index in [9.17, 15) is 4.79 Å². The Morgan fingerprint density at radius 2 is 1.60 bits per heavy atom. The number of ether oxygens (including phenoxy) is 2. The lowest BCUT2D eigenvalue weighted by Crippen LogP contribution is -2.09. The van der Waals surface area contributed by atoms with Crippen molar-refractivity contribution in [2.45, 2.75) is 59.3 Å². The van der Waals surface area contributed by atoms with E-state index in [0.717, 1.165) is 23.3 Å². The van der Waals surface area contributed by atoms with Gasteiger partial charge in [0.2, 0.25) is 0 Å². The summed E-state index contributed by atoms with van der Waals surface area (Å²) in [7, 11) is 0. The molecule has 0 aliphatic rings. The van der Waals surface area contributed by atoms with Crippen molar-refractivity contribution in [3.8, 4) is 11.5 Å². The van der Waals surface area contributed by atoms with Crippen LogP contribution in [0.2, 0.25) is 5.02 Å². The van der Waals surface area contributed by atoms with E-state index in [0.29, 0.717) is 34.3 Å². The second-order valence-electron chi connectivity index (χ2n) is 8.59. The Balaban J connectivity index is 1.52. The van der Waals surface area contributed by atoms with Gasteiger partial charge in [0.1, 0.15) is 17.2 Å². The predicted octanol–water partition coefficient (Wildman–Crippen LogP) is 9.33. The molecule has 0 atom stereocenters. The molecule has 0 aliphatic heterocycles. The molecule has 6 heteroatoms. The van der Waals surface area contributed by atoms with Crippen molar-refractivity contribution in [2.24, 2.45) is 10.2 Å². The summed E-state index contributed by atoms with van der Waals surface area (Å²) in [5.74, 6) is 0.817. The number of hydrogen-bond acceptors (Lipinski definition) is 5. The maximum Gasteiger partial charge on any atom is 0.343 e. The fraction of sp³-hybridized carbons (Fsp3) is 0.345. The van der Waals surface area contributed by atoms with Gasteiger partial charge in [0.25, 0.3) is 0 Å². The molecule has 5 nitrogen and oxygen atoms in total. The van der Waals surface area contributed by atoms with E-state index in [4.69, 9.17) is 21.1 Å². The molecule has 0 N–H and O–H groups in total. The Hall–Kier alpha value is -3.18. The van der Waals surface area contributed by atoms with Crippen molar-refractivity contribution in [1.29, 1.82) is 0 Å². The third-order valence-corrected chi connectivity index (χ3v) is 6.15. The summed E-state index contributed by atoms with van der Waals surface area (Å²) in [6.45, 7) is 6.69. The van der Waals surface area contributed by atoms with E-state index in [1.807, 2.05) is 38.1 Å². The zero-order valence-electron chi connectivity index (χ0n) is 20.7. The predicted molar refractivity (Wildman–Crippen MR) is 142 cm³/mol. The van der Waals surface area contributed by atoms with E-state index in [2.05, 4.69) is 17.2 Å². The number of halogens is 1. The minimum Gasteiger partial charge on any atom is -0.494 e. The molecular weight excluding hydrogens is 460 g/mol. The van der Waals surface area contributed by atoms with Gasteiger partial charge in [0.15, 0.2) is 0 Å². The third-order valence-electron chi connectivity index (χ3n) is 5.66. The number of azo groups is 1. The highest BCUT2D eigenvalue weighted by Gasteiger charge is 2.11. The molecule has 3 rings (SSSR count). The van der Waals surface area contributed by atoms with Crippen molar-refractivity contribution in [2.75, 3.05) is 6.61 Å². The molecule has 3 aromatic rings. The van der Waals surface area contributed by atoms with Gasteiger partial charge in [-0.3, -0.25) is 0 Å². The Morgan fingerprint density at radius 3 is 2.34 bits per heavy atom. The van der Waals surface area contributed by atoms with Crippen LogP contribution >= 0.6 is 11.6 Å². The summed E-state index contributed by atoms with van der Waals surface area (Å²) in [5, 5.41) is 9.08. The number of nitrogens with zero attached hydrogens (tertiary/aromatic N) is 2. The number of hydrogen-bond donors (Lipinski definition) is 0. The second-order valence-corrected chi connectivity index (χ2v) is 8.97. The first-order valence-corrected chi connectivity index (χ1v) is 12.6. The zero-order chi connectivity index (χ0) is 25.0. The average molecular weight is 493 g/mol. The molecule has 35 heavy (non-hydrogen) atoms. The number of aryl methyl sites for hydroxylation is 2. The molecule has 0 unspecified atom stereocenters. The summed E-state index contributed by atoms with van der Waals surface area (Å²) in [6, 6.07) is 18.0. The summed E-state index contributed by atoms with van der Waals surface area (Å²) >= 11 is 6.27. The zero-order valence-corrected chi connectivity index (χ0v) is 21.5. The molecule has 0 heterocycles. The van der Waals surface area contributed by atoms with Crippen molar-refractivity contribution >= 4 is 28.9 Å². The van der Waals surface area contributed by atoms with Gasteiger partial charge in [-0.15, -0.1) is 5.11 Å². The van der Waals surface area contributed by atoms with Crippen molar-refractivity contribution in [3.63, 3.8) is 0 Å². The van der Waals surface area contributed by atoms with E-state index < -0.39 is 5.97 Å². The van der Waals surface area contributed by atoms with Gasteiger partial charge in [0, 0.05) is 0 Å². The van der Waals surface area contributed by atoms with Crippen LogP contribution in [0.1, 0.15) is 66.9 Å². The fourth-order valence-corrected chi connectivity index (χ4v) is 3.71. The maximum atomic E-state index is 12.6. The molecule has 0 aromatic heterocycles. The molecule has 184 valence electrons. The average Bonchev–Trinajstić information content (AvgIpc) is 2.86. The topological polar surface area (TPSA) is 60.2 Å². The van der Waals surface area contributed by atoms with Crippen LogP contribution in [0.5, 0.6) is 11.5 Å². The monoisotopic (exact) mass is 492 g/mol. The standard InChI is InChI=1S/C29H33ClN2O3/c1-4-5-6-7-8-9-19-34-25-16-13-23(14-17-25)29(33)35-27-18-15-24(20-22(27)3)31-32-26-12-10-11-21(2)28(26)30/h10-18,20H,4-9,19H2,1-3H3. The first-order valence-electron chi connectivity index (χ1n) is 12.2. The van der Waals surface area contributed by atoms with Crippen LogP contribution in [-0.2, 0) is 0 Å². The lowest BCUT2D eigenvalue weighted by atomic mass is 10.1. The van der Waals surface area contributed by atoms with Crippen LogP contribution in [0.3, 0.4) is 0 Å². The quantitative estimate of drug-likeness (QED) is 0.109. The largest absolute Gasteiger partial charge is 0.494 e. The van der Waals surface area contributed by atoms with Crippen LogP contribution in [0, 0.1) is 13.8 Å². The highest BCUT2D eigenvalue weighted by Crippen LogP contribution is 2.31. The number of benzene rings is 3. The van der Waals surface area contributed by atoms with Crippen LogP contribution in [0.15, 0.2) is 70.9 Å². The molecule has 0 amide bonds. The summed E-state index contributed by atoms with van der Waals surface area (Å²) in [6.07, 6.45) is 7.33. The normalized spacial score (nSPS) is 11.1. The van der Waals surface area contributed by atoms with Gasteiger partial charge in [-0.2, -0.15) is 5.11 Å². The summed E-state index contributed by atoms with van der Waals surface area (Å²) < 4.78 is 11.4. The summed E-state index contributed by atoms with van der Waals surface area (Å²) in [4.78, 5) is 12.6. The Labute approximate surface area is 213 Å². The second kappa shape index (κ2) is 13.6. The third kappa shape index (κ3) is 8.22. The fourth-order valence-electron chi connectivity index (χ4n) is 3.55. The van der Waals surface area contributed by atoms with Crippen LogP contribution in [-0.4, -0.2) is 12.6 Å². The molecule has 0 saturated heterocycles. The molecular formula is C29H33ClN2O3. The SMILES string of the molecule is CCCCCCCCOc1ccc(C(=O)Oc2ccc(N=Nc3cccc(C)c3Cl)cc2C)cc1. The number of carbonyl (C=O) groups excluding carboxylic acids is 1. The Morgan fingerprint density at radius 1 is 0.857 bits per heavy atom. The highest BCUT2D eigenvalue weighted by molar-refractivity contribution is 6.33. The van der Waals surface area contributed by atoms with E-state index in [1.165, 1.54) is 32.1 Å². The minimum atomic E-state index is -0.420. The minimum absolute atomic E-state index is 0.420. The highest BCUT2D eigenvalue weighted by atomic mass is 35.5. The number of esters is 1. The molecule has 0 saturated carbocycles. The van der Waals surface area contributed by atoms with Gasteiger partial charge in [-0.25, -0.2) is 4.79 Å². The van der Waals surface area contributed by atoms with Crippen molar-refractivity contribution < 1.29 is 14.3 Å². The van der Waals surface area contributed by atoms with Gasteiger partial charge < -0.3 is 9.47 Å². The van der Waals surface area contributed by atoms with Gasteiger partial charge in [-0.05, 0) is 79.9 Å². The molecule has 0 fully saturated rings. The number of rotatable bonds is 12. The lowest BCUT2D eigenvalue weighted by Gasteiger charge is -2.09. The molecule has 3 aromatic carbocycles. The first kappa shape index (κ1) is 26.4. The van der Waals surface area contributed by atoms with Gasteiger partial charge in [0.05, 0.1) is 22.9 Å². The van der Waals surface area contributed by atoms with Gasteiger partial charge in [-0.1, -0.05) is 62.8 Å². The number of unbranched alkanes of at least 4 members (excludes halogenated alkanes) is 5. The van der Waals surface area contributed by atoms with Crippen molar-refractivity contribution in [3.05, 3.63) is 82.4 Å². The lowest BCUT2D eigenvalue weighted by molar-refractivity contribution is 0.0733. The smallest absolute Gasteiger partial charge is 0.343 e. The van der Waals surface area contributed by atoms with Crippen LogP contribution in [0.4, 0.5) is 11.4 Å². The molecule has 0 radical (unpaired) electrons. The van der Waals surface area contributed by atoms with E-state index in [-0.39, 0.29) is 0 Å². The summed E-state index contributed by atoms with van der Waals surface area (Å²) in [5.41, 5.74) is 3.45. The van der Waals surface area contributed by atoms with E-state index in [1.54, 1.807) is 36.4 Å². The number of carbonyl (C=O) groups is 1. The van der Waals surface area contributed by atoms with Gasteiger partial charge >= 0.3 is 5.97 Å². The maximum absolute atomic E-state index is 12.6. The molecule has 0 aliphatic carbocycles.